The molecule has 7 nitrogen and oxygen atoms in total. The van der Waals surface area contributed by atoms with E-state index in [0.717, 1.165) is 32.1 Å². The average Bonchev–Trinajstić information content (AvgIpc) is 3.15. The summed E-state index contributed by atoms with van der Waals surface area (Å²) in [5.74, 6) is -0.507. The van der Waals surface area contributed by atoms with Crippen molar-refractivity contribution in [1.29, 1.82) is 0 Å². The lowest BCUT2D eigenvalue weighted by atomic mass is 9.73. The number of piperidine rings is 1. The van der Waals surface area contributed by atoms with Crippen LogP contribution in [0, 0.1) is 0 Å². The number of nitrogens with one attached hydrogen (secondary N) is 1. The molecule has 8 heteroatoms. The highest BCUT2D eigenvalue weighted by molar-refractivity contribution is 5.91. The van der Waals surface area contributed by atoms with Gasteiger partial charge in [-0.25, -0.2) is 0 Å². The minimum atomic E-state index is -1.06. The van der Waals surface area contributed by atoms with Crippen molar-refractivity contribution < 1.29 is 14.4 Å². The third-order valence-corrected chi connectivity index (χ3v) is 8.08. The molecular weight excluding hydrogens is 500 g/mol. The second-order valence-corrected chi connectivity index (χ2v) is 11.4. The average molecular weight is 541 g/mol. The smallest absolute Gasteiger partial charge is 0.245 e. The van der Waals surface area contributed by atoms with E-state index in [-0.39, 0.29) is 41.5 Å². The maximum Gasteiger partial charge on any atom is 0.245 e. The number of primary amides is 1. The van der Waals surface area contributed by atoms with Crippen molar-refractivity contribution in [1.82, 2.24) is 10.2 Å². The Morgan fingerprint density at radius 1 is 1.05 bits per heavy atom. The van der Waals surface area contributed by atoms with Gasteiger partial charge in [0, 0.05) is 19.5 Å². The zero-order valence-corrected chi connectivity index (χ0v) is 23.3. The predicted octanol–water partition coefficient (Wildman–Crippen LogP) is 3.58. The number of nitrogens with zero attached hydrogens (tertiary/aromatic N) is 1. The molecule has 38 heavy (non-hydrogen) atoms. The van der Waals surface area contributed by atoms with E-state index in [1.165, 1.54) is 16.7 Å². The molecule has 1 aliphatic heterocycles. The van der Waals surface area contributed by atoms with E-state index in [2.05, 4.69) is 35.6 Å². The number of amides is 3. The molecule has 2 aliphatic rings. The highest BCUT2D eigenvalue weighted by atomic mass is 35.5. The topological polar surface area (TPSA) is 119 Å². The third kappa shape index (κ3) is 6.75. The molecule has 0 aromatic heterocycles. The molecule has 1 fully saturated rings. The summed E-state index contributed by atoms with van der Waals surface area (Å²) in [5.41, 5.74) is 14.2. The Morgan fingerprint density at radius 2 is 1.68 bits per heavy atom. The number of carbonyl (C=O) groups is 3. The normalized spacial score (nSPS) is 18.8. The molecule has 1 saturated heterocycles. The molecule has 0 saturated carbocycles. The molecule has 2 aromatic rings. The van der Waals surface area contributed by atoms with Crippen molar-refractivity contribution in [3.63, 3.8) is 0 Å². The predicted molar refractivity (Wildman–Crippen MR) is 152 cm³/mol. The summed E-state index contributed by atoms with van der Waals surface area (Å²) in [6.45, 7) is 4.54. The van der Waals surface area contributed by atoms with Gasteiger partial charge in [-0.1, -0.05) is 54.6 Å². The number of rotatable bonds is 9. The summed E-state index contributed by atoms with van der Waals surface area (Å²) in [6.07, 6.45) is 5.08. The van der Waals surface area contributed by atoms with Crippen LogP contribution in [0.1, 0.15) is 75.0 Å². The van der Waals surface area contributed by atoms with Crippen molar-refractivity contribution in [3.05, 3.63) is 71.3 Å². The molecule has 206 valence electrons. The van der Waals surface area contributed by atoms with E-state index in [0.29, 0.717) is 25.9 Å². The maximum absolute atomic E-state index is 13.7. The molecule has 0 radical (unpaired) electrons. The molecule has 2 aromatic carbocycles. The first-order valence-electron chi connectivity index (χ1n) is 13.4. The molecule has 1 spiro atoms. The van der Waals surface area contributed by atoms with Crippen LogP contribution in [0.5, 0.6) is 0 Å². The van der Waals surface area contributed by atoms with Gasteiger partial charge in [-0.2, -0.15) is 0 Å². The molecule has 5 N–H and O–H groups in total. The Kier molecular flexibility index (Phi) is 9.60. The first-order chi connectivity index (χ1) is 17.6. The zero-order valence-electron chi connectivity index (χ0n) is 22.4. The van der Waals surface area contributed by atoms with E-state index in [4.69, 9.17) is 11.5 Å². The Hall–Kier alpha value is -2.90. The fourth-order valence-electron chi connectivity index (χ4n) is 6.06. The lowest BCUT2D eigenvalue weighted by Gasteiger charge is -2.41. The molecular formula is C30H41ClN4O3. The lowest BCUT2D eigenvalue weighted by molar-refractivity contribution is -0.139. The molecule has 1 heterocycles. The van der Waals surface area contributed by atoms with Gasteiger partial charge in [-0.3, -0.25) is 14.4 Å². The number of hydrogen-bond donors (Lipinski definition) is 3. The number of aryl methyl sites for hydroxylation is 1. The quantitative estimate of drug-likeness (QED) is 0.450. The number of likely N-dealkylation sites (tertiary alicyclic amines) is 1. The lowest BCUT2D eigenvalue weighted by Crippen LogP contribution is -2.57. The van der Waals surface area contributed by atoms with Gasteiger partial charge in [0.2, 0.25) is 17.7 Å². The van der Waals surface area contributed by atoms with Gasteiger partial charge in [0.1, 0.15) is 6.04 Å². The Labute approximate surface area is 232 Å². The van der Waals surface area contributed by atoms with Crippen molar-refractivity contribution in [2.24, 2.45) is 11.5 Å². The van der Waals surface area contributed by atoms with E-state index < -0.39 is 11.6 Å². The van der Waals surface area contributed by atoms with E-state index in [1.807, 2.05) is 29.2 Å². The van der Waals surface area contributed by atoms with Crippen molar-refractivity contribution in [2.75, 3.05) is 13.1 Å². The molecule has 1 aliphatic carbocycles. The van der Waals surface area contributed by atoms with Gasteiger partial charge in [0.25, 0.3) is 0 Å². The SMILES string of the molecule is CC(C)(N)C(=O)N[C@H](CCCc1ccccc1)C(=O)N1CCC2(CC1)CC(CC(N)=O)c1ccccc12.Cl. The largest absolute Gasteiger partial charge is 0.370 e. The Bertz CT molecular complexity index is 1120. The monoisotopic (exact) mass is 540 g/mol. The van der Waals surface area contributed by atoms with Gasteiger partial charge in [-0.15, -0.1) is 12.4 Å². The minimum absolute atomic E-state index is 0. The fraction of sp³-hybridized carbons (Fsp3) is 0.500. The number of halogens is 1. The molecule has 4 rings (SSSR count). The standard InChI is InChI=1S/C30H40N4O3.ClH/c1-29(2,32)28(37)33-25(14-8-11-21-9-4-3-5-10-21)27(36)34-17-15-30(16-18-34)20-22(19-26(31)35)23-12-6-7-13-24(23)30;/h3-7,9-10,12-13,22,25H,8,11,14-20,32H2,1-2H3,(H2,31,35)(H,33,37);1H/t22?,25-;/m1./s1. The summed E-state index contributed by atoms with van der Waals surface area (Å²) < 4.78 is 0. The van der Waals surface area contributed by atoms with Gasteiger partial charge in [0.15, 0.2) is 0 Å². The first kappa shape index (κ1) is 29.7. The van der Waals surface area contributed by atoms with Crippen LogP contribution in [0.4, 0.5) is 0 Å². The van der Waals surface area contributed by atoms with E-state index in [9.17, 15) is 14.4 Å². The molecule has 0 bridgehead atoms. The number of fused-ring (bicyclic) bond motifs is 2. The summed E-state index contributed by atoms with van der Waals surface area (Å²) in [5, 5.41) is 2.94. The van der Waals surface area contributed by atoms with E-state index >= 15 is 0 Å². The van der Waals surface area contributed by atoms with Crippen LogP contribution >= 0.6 is 12.4 Å². The summed E-state index contributed by atoms with van der Waals surface area (Å²) in [4.78, 5) is 40.0. The second kappa shape index (κ2) is 12.3. The van der Waals surface area contributed by atoms with Gasteiger partial charge in [0.05, 0.1) is 5.54 Å². The first-order valence-corrected chi connectivity index (χ1v) is 13.4. The van der Waals surface area contributed by atoms with Crippen LogP contribution in [-0.2, 0) is 26.2 Å². The number of hydrogen-bond acceptors (Lipinski definition) is 4. The molecule has 3 amide bonds. The van der Waals surface area contributed by atoms with Crippen LogP contribution in [0.3, 0.4) is 0 Å². The van der Waals surface area contributed by atoms with Crippen molar-refractivity contribution in [2.45, 2.75) is 81.7 Å². The van der Waals surface area contributed by atoms with Gasteiger partial charge in [-0.05, 0) is 80.4 Å². The highest BCUT2D eigenvalue weighted by Gasteiger charge is 2.46. The molecule has 2 atom stereocenters. The van der Waals surface area contributed by atoms with Crippen LogP contribution in [-0.4, -0.2) is 47.3 Å². The van der Waals surface area contributed by atoms with Crippen LogP contribution in [0.25, 0.3) is 0 Å². The van der Waals surface area contributed by atoms with Crippen molar-refractivity contribution >= 4 is 30.1 Å². The number of carbonyl (C=O) groups excluding carboxylic acids is 3. The highest BCUT2D eigenvalue weighted by Crippen LogP contribution is 2.52. The fourth-order valence-corrected chi connectivity index (χ4v) is 6.06. The van der Waals surface area contributed by atoms with Crippen LogP contribution < -0.4 is 16.8 Å². The Morgan fingerprint density at radius 3 is 2.32 bits per heavy atom. The van der Waals surface area contributed by atoms with Crippen molar-refractivity contribution in [3.8, 4) is 0 Å². The summed E-state index contributed by atoms with van der Waals surface area (Å²) >= 11 is 0. The number of benzene rings is 2. The third-order valence-electron chi connectivity index (χ3n) is 8.08. The maximum atomic E-state index is 13.7. The van der Waals surface area contributed by atoms with Gasteiger partial charge < -0.3 is 21.7 Å². The zero-order chi connectivity index (χ0) is 26.6. The Balaban J connectivity index is 0.00000400. The summed E-state index contributed by atoms with van der Waals surface area (Å²) in [6, 6.07) is 17.9. The van der Waals surface area contributed by atoms with Gasteiger partial charge >= 0.3 is 0 Å². The second-order valence-electron chi connectivity index (χ2n) is 11.4. The van der Waals surface area contributed by atoms with Crippen LogP contribution in [0.2, 0.25) is 0 Å². The van der Waals surface area contributed by atoms with Crippen LogP contribution in [0.15, 0.2) is 54.6 Å². The number of nitrogens with two attached hydrogens (primary N) is 2. The minimum Gasteiger partial charge on any atom is -0.370 e. The van der Waals surface area contributed by atoms with E-state index in [1.54, 1.807) is 13.8 Å². The molecule has 1 unspecified atom stereocenters. The summed E-state index contributed by atoms with van der Waals surface area (Å²) in [7, 11) is 0.